The summed E-state index contributed by atoms with van der Waals surface area (Å²) in [6.45, 7) is 6.40. The van der Waals surface area contributed by atoms with Crippen molar-refractivity contribution in [3.8, 4) is 0 Å². The van der Waals surface area contributed by atoms with Gasteiger partial charge in [0.25, 0.3) is 0 Å². The molecule has 0 spiro atoms. The zero-order chi connectivity index (χ0) is 23.9. The first-order valence-electron chi connectivity index (χ1n) is 11.3. The van der Waals surface area contributed by atoms with E-state index in [2.05, 4.69) is 4.98 Å². The van der Waals surface area contributed by atoms with Crippen LogP contribution >= 0.6 is 0 Å². The summed E-state index contributed by atoms with van der Waals surface area (Å²) >= 11 is 0. The number of alkyl halides is 1. The molecule has 2 heterocycles. The van der Waals surface area contributed by atoms with Crippen LogP contribution in [-0.4, -0.2) is 33.9 Å². The number of carbonyl (C=O) groups excluding carboxylic acids is 1. The second-order valence-corrected chi connectivity index (χ2v) is 9.46. The highest BCUT2D eigenvalue weighted by Gasteiger charge is 2.41. The van der Waals surface area contributed by atoms with E-state index in [1.54, 1.807) is 0 Å². The van der Waals surface area contributed by atoms with Gasteiger partial charge in [-0.1, -0.05) is 31.2 Å². The zero-order valence-electron chi connectivity index (χ0n) is 19.4. The molecule has 0 radical (unpaired) electrons. The number of nitrogens with zero attached hydrogens (tertiary/aromatic N) is 1. The van der Waals surface area contributed by atoms with Crippen molar-refractivity contribution in [2.75, 3.05) is 6.54 Å². The van der Waals surface area contributed by atoms with Gasteiger partial charge in [-0.05, 0) is 69.0 Å². The van der Waals surface area contributed by atoms with E-state index in [1.807, 2.05) is 36.1 Å². The van der Waals surface area contributed by atoms with Crippen molar-refractivity contribution in [1.29, 1.82) is 0 Å². The fourth-order valence-electron chi connectivity index (χ4n) is 4.92. The minimum Gasteiger partial charge on any atom is -0.357 e. The van der Waals surface area contributed by atoms with E-state index >= 15 is 8.78 Å². The number of hydrogen-bond donors (Lipinski definition) is 1. The number of aromatic nitrogens is 1. The number of H-pyrrole nitrogens is 1. The smallest absolute Gasteiger partial charge is 0.152 e. The molecular weight excluding hydrogens is 425 g/mol. The minimum absolute atomic E-state index is 0.0375. The first-order valence-corrected chi connectivity index (χ1v) is 11.3. The normalized spacial score (nSPS) is 19.4. The van der Waals surface area contributed by atoms with Crippen LogP contribution in [-0.2, 0) is 11.2 Å². The van der Waals surface area contributed by atoms with Gasteiger partial charge in [-0.2, -0.15) is 0 Å². The standard InChI is InChI=1S/C27H29F3N2O/c1-5-18-14-20-19-8-6-7-9-23(19)31-25(20)26(32(18)15-27(3,4)30)24-21(28)12-17(13-22(24)29)11-10-16(2)33/h6-13,18,26,31H,5,14-15H2,1-4H3/b11-10+. The molecule has 174 valence electrons. The van der Waals surface area contributed by atoms with Crippen LogP contribution < -0.4 is 0 Å². The van der Waals surface area contributed by atoms with Crippen molar-refractivity contribution in [2.24, 2.45) is 0 Å². The molecule has 3 aromatic rings. The Bertz CT molecular complexity index is 1200. The average Bonchev–Trinajstić information content (AvgIpc) is 3.10. The number of fused-ring (bicyclic) bond motifs is 3. The zero-order valence-corrected chi connectivity index (χ0v) is 19.4. The highest BCUT2D eigenvalue weighted by atomic mass is 19.1. The Morgan fingerprint density at radius 2 is 1.88 bits per heavy atom. The van der Waals surface area contributed by atoms with E-state index in [-0.39, 0.29) is 29.5 Å². The van der Waals surface area contributed by atoms with E-state index in [0.29, 0.717) is 18.5 Å². The van der Waals surface area contributed by atoms with Gasteiger partial charge < -0.3 is 4.98 Å². The number of allylic oxidation sites excluding steroid dienone is 1. The third kappa shape index (κ3) is 4.62. The summed E-state index contributed by atoms with van der Waals surface area (Å²) in [5, 5.41) is 1.02. The SMILES string of the molecule is CCC1Cc2c([nH]c3ccccc23)C(c2c(F)cc(/C=C/C(C)=O)cc2F)N1CC(C)(C)F. The second kappa shape index (κ2) is 8.82. The van der Waals surface area contributed by atoms with Crippen molar-refractivity contribution in [3.63, 3.8) is 0 Å². The minimum atomic E-state index is -1.55. The number of benzene rings is 2. The van der Waals surface area contributed by atoms with Gasteiger partial charge in [-0.3, -0.25) is 9.69 Å². The van der Waals surface area contributed by atoms with Crippen LogP contribution in [0.1, 0.15) is 62.5 Å². The van der Waals surface area contributed by atoms with Crippen LogP contribution in [0.2, 0.25) is 0 Å². The van der Waals surface area contributed by atoms with Crippen molar-refractivity contribution < 1.29 is 18.0 Å². The molecule has 0 fully saturated rings. The number of para-hydroxylation sites is 1. The van der Waals surface area contributed by atoms with Gasteiger partial charge in [-0.15, -0.1) is 0 Å². The lowest BCUT2D eigenvalue weighted by atomic mass is 9.85. The summed E-state index contributed by atoms with van der Waals surface area (Å²) < 4.78 is 45.9. The number of ketones is 1. The lowest BCUT2D eigenvalue weighted by Crippen LogP contribution is -2.49. The molecule has 6 heteroatoms. The van der Waals surface area contributed by atoms with Crippen LogP contribution in [0.5, 0.6) is 0 Å². The number of nitrogens with one attached hydrogen (secondary N) is 1. The number of rotatable bonds is 6. The average molecular weight is 455 g/mol. The molecule has 33 heavy (non-hydrogen) atoms. The summed E-state index contributed by atoms with van der Waals surface area (Å²) in [6.07, 6.45) is 4.05. The fourth-order valence-corrected chi connectivity index (χ4v) is 4.92. The Hall–Kier alpha value is -2.86. The van der Waals surface area contributed by atoms with E-state index in [9.17, 15) is 9.18 Å². The molecule has 0 bridgehead atoms. The molecule has 1 aliphatic rings. The third-order valence-corrected chi connectivity index (χ3v) is 6.28. The molecule has 4 rings (SSSR count). The molecule has 1 N–H and O–H groups in total. The molecule has 1 aromatic heterocycles. The van der Waals surface area contributed by atoms with E-state index in [0.717, 1.165) is 16.5 Å². The summed E-state index contributed by atoms with van der Waals surface area (Å²) in [7, 11) is 0. The summed E-state index contributed by atoms with van der Waals surface area (Å²) in [5.41, 5.74) is 1.23. The topological polar surface area (TPSA) is 36.1 Å². The molecule has 0 amide bonds. The number of aromatic amines is 1. The van der Waals surface area contributed by atoms with Gasteiger partial charge in [0.2, 0.25) is 0 Å². The van der Waals surface area contributed by atoms with Gasteiger partial charge in [0, 0.05) is 34.7 Å². The molecule has 1 aliphatic heterocycles. The van der Waals surface area contributed by atoms with E-state index in [4.69, 9.17) is 0 Å². The van der Waals surface area contributed by atoms with E-state index in [1.165, 1.54) is 45.1 Å². The van der Waals surface area contributed by atoms with Gasteiger partial charge in [0.15, 0.2) is 5.78 Å². The molecule has 3 nitrogen and oxygen atoms in total. The maximum absolute atomic E-state index is 15.5. The highest BCUT2D eigenvalue weighted by Crippen LogP contribution is 2.44. The Balaban J connectivity index is 1.94. The molecule has 0 saturated carbocycles. The maximum Gasteiger partial charge on any atom is 0.152 e. The van der Waals surface area contributed by atoms with Crippen LogP contribution in [0, 0.1) is 11.6 Å². The van der Waals surface area contributed by atoms with Crippen molar-refractivity contribution in [2.45, 2.75) is 58.3 Å². The second-order valence-electron chi connectivity index (χ2n) is 9.46. The van der Waals surface area contributed by atoms with Gasteiger partial charge in [0.1, 0.15) is 17.3 Å². The molecule has 2 atom stereocenters. The van der Waals surface area contributed by atoms with Crippen molar-refractivity contribution in [3.05, 3.63) is 76.5 Å². The number of halogens is 3. The number of carbonyl (C=O) groups is 1. The van der Waals surface area contributed by atoms with Crippen molar-refractivity contribution in [1.82, 2.24) is 9.88 Å². The first-order chi connectivity index (χ1) is 15.6. The monoisotopic (exact) mass is 454 g/mol. The lowest BCUT2D eigenvalue weighted by Gasteiger charge is -2.44. The van der Waals surface area contributed by atoms with Gasteiger partial charge in [0.05, 0.1) is 6.04 Å². The van der Waals surface area contributed by atoms with Crippen molar-refractivity contribution >= 4 is 22.8 Å². The Kier molecular flexibility index (Phi) is 6.23. The highest BCUT2D eigenvalue weighted by molar-refractivity contribution is 5.91. The molecule has 2 unspecified atom stereocenters. The molecule has 0 aliphatic carbocycles. The predicted octanol–water partition coefficient (Wildman–Crippen LogP) is 6.52. The maximum atomic E-state index is 15.5. The third-order valence-electron chi connectivity index (χ3n) is 6.28. The summed E-state index contributed by atoms with van der Waals surface area (Å²) in [6, 6.07) is 9.39. The van der Waals surface area contributed by atoms with Crippen LogP contribution in [0.15, 0.2) is 42.5 Å². The first kappa shape index (κ1) is 23.3. The molecule has 0 saturated heterocycles. The van der Waals surface area contributed by atoms with Gasteiger partial charge >= 0.3 is 0 Å². The Morgan fingerprint density at radius 3 is 2.48 bits per heavy atom. The fraction of sp³-hybridized carbons (Fsp3) is 0.370. The molecular formula is C27H29F3N2O. The van der Waals surface area contributed by atoms with Gasteiger partial charge in [-0.25, -0.2) is 13.2 Å². The van der Waals surface area contributed by atoms with E-state index < -0.39 is 23.3 Å². The molecule has 2 aromatic carbocycles. The summed E-state index contributed by atoms with van der Waals surface area (Å²) in [5.74, 6) is -1.64. The predicted molar refractivity (Wildman–Crippen MR) is 126 cm³/mol. The summed E-state index contributed by atoms with van der Waals surface area (Å²) in [4.78, 5) is 16.5. The lowest BCUT2D eigenvalue weighted by molar-refractivity contribution is -0.112. The van der Waals surface area contributed by atoms with Crippen LogP contribution in [0.25, 0.3) is 17.0 Å². The Labute approximate surface area is 192 Å². The van der Waals surface area contributed by atoms with Crippen LogP contribution in [0.3, 0.4) is 0 Å². The van der Waals surface area contributed by atoms with Crippen LogP contribution in [0.4, 0.5) is 13.2 Å². The Morgan fingerprint density at radius 1 is 1.21 bits per heavy atom. The largest absolute Gasteiger partial charge is 0.357 e. The quantitative estimate of drug-likeness (QED) is 0.430. The number of hydrogen-bond acceptors (Lipinski definition) is 2.